The number of anilines is 1. The second kappa shape index (κ2) is 10.9. The number of hydrogen-bond acceptors (Lipinski definition) is 8. The van der Waals surface area contributed by atoms with Crippen molar-refractivity contribution in [3.05, 3.63) is 105 Å². The summed E-state index contributed by atoms with van der Waals surface area (Å²) < 4.78 is 6.38. The Bertz CT molecular complexity index is 1690. The van der Waals surface area contributed by atoms with Crippen LogP contribution in [-0.2, 0) is 21.8 Å². The van der Waals surface area contributed by atoms with E-state index in [0.29, 0.717) is 37.7 Å². The lowest BCUT2D eigenvalue weighted by Gasteiger charge is -2.22. The molecule has 0 bridgehead atoms. The van der Waals surface area contributed by atoms with Crippen molar-refractivity contribution in [1.82, 2.24) is 10.2 Å². The quantitative estimate of drug-likeness (QED) is 0.0820. The van der Waals surface area contributed by atoms with E-state index in [2.05, 4.69) is 10.2 Å². The molecule has 2 atom stereocenters. The van der Waals surface area contributed by atoms with Gasteiger partial charge < -0.3 is 9.84 Å². The monoisotopic (exact) mass is 609 g/mol. The molecule has 0 aliphatic carbocycles. The molecule has 4 aromatic rings. The molecule has 11 heteroatoms. The average molecular weight is 611 g/mol. The summed E-state index contributed by atoms with van der Waals surface area (Å²) in [6.45, 7) is 1.97. The summed E-state index contributed by atoms with van der Waals surface area (Å²) in [5, 5.41) is 21.3. The molecule has 1 aromatic heterocycles. The third-order valence-corrected chi connectivity index (χ3v) is 9.40. The molecule has 202 valence electrons. The molecule has 0 radical (unpaired) electrons. The summed E-state index contributed by atoms with van der Waals surface area (Å²) in [7, 11) is 0. The molecule has 3 heterocycles. The Morgan fingerprint density at radius 3 is 2.73 bits per heavy atom. The van der Waals surface area contributed by atoms with Gasteiger partial charge in [-0.3, -0.25) is 14.5 Å². The van der Waals surface area contributed by atoms with Crippen molar-refractivity contribution in [3.8, 4) is 5.75 Å². The van der Waals surface area contributed by atoms with Crippen molar-refractivity contribution in [3.63, 3.8) is 0 Å². The molecule has 1 N–H and O–H groups in total. The van der Waals surface area contributed by atoms with Gasteiger partial charge in [-0.1, -0.05) is 76.6 Å². The first-order valence-electron chi connectivity index (χ1n) is 12.4. The number of thioether (sulfide) groups is 1. The van der Waals surface area contributed by atoms with Crippen LogP contribution in [0.25, 0.3) is 5.76 Å². The number of carbonyl (C=O) groups excluding carboxylic acids is 2. The number of aliphatic hydroxyl groups excluding tert-OH is 1. The highest BCUT2D eigenvalue weighted by molar-refractivity contribution is 8.00. The molecule has 1 saturated heterocycles. The number of rotatable bonds is 6. The van der Waals surface area contributed by atoms with Gasteiger partial charge in [0.15, 0.2) is 4.34 Å². The Kier molecular flexibility index (Phi) is 7.31. The lowest BCUT2D eigenvalue weighted by molar-refractivity contribution is -0.132. The molecule has 0 saturated carbocycles. The number of halogens is 2. The number of amides is 1. The minimum Gasteiger partial charge on any atom is -0.507 e. The lowest BCUT2D eigenvalue weighted by Crippen LogP contribution is -2.29. The molecule has 7 nitrogen and oxygen atoms in total. The number of ether oxygens (including phenoxy) is 1. The van der Waals surface area contributed by atoms with Crippen LogP contribution >= 0.6 is 46.3 Å². The summed E-state index contributed by atoms with van der Waals surface area (Å²) in [5.74, 6) is -0.583. The largest absolute Gasteiger partial charge is 0.507 e. The number of benzene rings is 3. The first-order valence-corrected chi connectivity index (χ1v) is 14.9. The van der Waals surface area contributed by atoms with Gasteiger partial charge in [0, 0.05) is 27.8 Å². The number of aliphatic hydroxyl groups is 1. The SMILES string of the molecule is CC1Cc2cc(/C(O)=C3/C(=O)C(=O)N(c4nnc(SCc5ccccc5Cl)s4)C3c3cccc(Cl)c3)ccc2O1. The van der Waals surface area contributed by atoms with Crippen LogP contribution in [0.4, 0.5) is 5.13 Å². The van der Waals surface area contributed by atoms with E-state index in [4.69, 9.17) is 27.9 Å². The van der Waals surface area contributed by atoms with Gasteiger partial charge in [0.2, 0.25) is 5.13 Å². The Morgan fingerprint density at radius 2 is 1.93 bits per heavy atom. The van der Waals surface area contributed by atoms with E-state index in [0.717, 1.165) is 16.9 Å². The molecule has 0 spiro atoms. The molecular formula is C29H21Cl2N3O4S2. The highest BCUT2D eigenvalue weighted by atomic mass is 35.5. The molecule has 3 aromatic carbocycles. The standard InChI is InChI=1S/C29H21Cl2N3O4S2/c1-15-11-19-12-17(9-10-22(19)38-15)25(35)23-24(16-6-4-7-20(30)13-16)34(27(37)26(23)36)28-32-33-29(40-28)39-14-18-5-2-3-8-21(18)31/h2-10,12-13,15,24,35H,11,14H2,1H3/b25-23-. The fourth-order valence-corrected chi connectivity index (χ4v) is 7.21. The molecule has 2 aliphatic rings. The number of aromatic nitrogens is 2. The minimum atomic E-state index is -0.948. The molecule has 2 unspecified atom stereocenters. The van der Waals surface area contributed by atoms with E-state index in [1.165, 1.54) is 28.0 Å². The number of fused-ring (bicyclic) bond motifs is 1. The van der Waals surface area contributed by atoms with E-state index in [9.17, 15) is 14.7 Å². The number of nitrogens with zero attached hydrogens (tertiary/aromatic N) is 3. The third kappa shape index (κ3) is 4.99. The van der Waals surface area contributed by atoms with Gasteiger partial charge in [-0.25, -0.2) is 0 Å². The van der Waals surface area contributed by atoms with Crippen LogP contribution in [0.5, 0.6) is 5.75 Å². The van der Waals surface area contributed by atoms with E-state index >= 15 is 0 Å². The van der Waals surface area contributed by atoms with Crippen molar-refractivity contribution >= 4 is 68.9 Å². The lowest BCUT2D eigenvalue weighted by atomic mass is 9.94. The Morgan fingerprint density at radius 1 is 1.10 bits per heavy atom. The maximum absolute atomic E-state index is 13.5. The zero-order chi connectivity index (χ0) is 28.0. The molecule has 6 rings (SSSR count). The minimum absolute atomic E-state index is 0.0202. The zero-order valence-corrected chi connectivity index (χ0v) is 24.2. The summed E-state index contributed by atoms with van der Waals surface area (Å²) >= 11 is 15.2. The topological polar surface area (TPSA) is 92.6 Å². The van der Waals surface area contributed by atoms with Crippen LogP contribution in [0.3, 0.4) is 0 Å². The van der Waals surface area contributed by atoms with Crippen LogP contribution in [0.15, 0.2) is 76.6 Å². The van der Waals surface area contributed by atoms with Crippen LogP contribution in [0, 0.1) is 0 Å². The normalized spacial score (nSPS) is 19.6. The van der Waals surface area contributed by atoms with Crippen molar-refractivity contribution in [2.45, 2.75) is 35.6 Å². The zero-order valence-electron chi connectivity index (χ0n) is 21.0. The number of ketones is 1. The smallest absolute Gasteiger partial charge is 0.301 e. The van der Waals surface area contributed by atoms with Crippen molar-refractivity contribution in [2.24, 2.45) is 0 Å². The average Bonchev–Trinajstić information content (AvgIpc) is 3.63. The first-order chi connectivity index (χ1) is 19.3. The Hall–Kier alpha value is -3.37. The van der Waals surface area contributed by atoms with E-state index < -0.39 is 17.7 Å². The summed E-state index contributed by atoms with van der Waals surface area (Å²) in [5.41, 5.74) is 2.81. The van der Waals surface area contributed by atoms with Crippen LogP contribution in [0.1, 0.15) is 35.2 Å². The molecule has 2 aliphatic heterocycles. The number of hydrogen-bond donors (Lipinski definition) is 1. The van der Waals surface area contributed by atoms with Crippen LogP contribution < -0.4 is 9.64 Å². The predicted octanol–water partition coefficient (Wildman–Crippen LogP) is 7.09. The highest BCUT2D eigenvalue weighted by Crippen LogP contribution is 2.45. The van der Waals surface area contributed by atoms with Gasteiger partial charge in [0.05, 0.1) is 11.6 Å². The third-order valence-electron chi connectivity index (χ3n) is 6.69. The molecule has 1 fully saturated rings. The van der Waals surface area contributed by atoms with Gasteiger partial charge in [-0.2, -0.15) is 0 Å². The second-order valence-electron chi connectivity index (χ2n) is 9.41. The van der Waals surface area contributed by atoms with Crippen LogP contribution in [0.2, 0.25) is 10.0 Å². The maximum Gasteiger partial charge on any atom is 0.301 e. The second-order valence-corrected chi connectivity index (χ2v) is 12.4. The Labute approximate surface area is 248 Å². The van der Waals surface area contributed by atoms with Gasteiger partial charge in [-0.05, 0) is 60.0 Å². The summed E-state index contributed by atoms with van der Waals surface area (Å²) in [6.07, 6.45) is 0.703. The van der Waals surface area contributed by atoms with E-state index in [-0.39, 0.29) is 22.6 Å². The van der Waals surface area contributed by atoms with Crippen molar-refractivity contribution < 1.29 is 19.4 Å². The molecular weight excluding hydrogens is 589 g/mol. The molecule has 1 amide bonds. The van der Waals surface area contributed by atoms with Crippen molar-refractivity contribution in [2.75, 3.05) is 4.90 Å². The van der Waals surface area contributed by atoms with Gasteiger partial charge in [0.1, 0.15) is 17.6 Å². The fourth-order valence-electron chi connectivity index (χ4n) is 4.86. The highest BCUT2D eigenvalue weighted by Gasteiger charge is 2.48. The van der Waals surface area contributed by atoms with Gasteiger partial charge in [0.25, 0.3) is 5.78 Å². The maximum atomic E-state index is 13.5. The number of carbonyl (C=O) groups is 2. The van der Waals surface area contributed by atoms with Gasteiger partial charge in [-0.15, -0.1) is 10.2 Å². The fraction of sp³-hybridized carbons (Fsp3) is 0.172. The first kappa shape index (κ1) is 26.8. The summed E-state index contributed by atoms with van der Waals surface area (Å²) in [4.78, 5) is 28.2. The van der Waals surface area contributed by atoms with E-state index in [1.54, 1.807) is 42.5 Å². The van der Waals surface area contributed by atoms with E-state index in [1.807, 2.05) is 31.2 Å². The molecule has 40 heavy (non-hydrogen) atoms. The Balaban J connectivity index is 1.39. The van der Waals surface area contributed by atoms with Crippen molar-refractivity contribution in [1.29, 1.82) is 0 Å². The van der Waals surface area contributed by atoms with Gasteiger partial charge >= 0.3 is 5.91 Å². The number of Topliss-reactive ketones (excluding diaryl/α,β-unsaturated/α-hetero) is 1. The summed E-state index contributed by atoms with van der Waals surface area (Å²) in [6, 6.07) is 18.7. The predicted molar refractivity (Wildman–Crippen MR) is 157 cm³/mol. The van der Waals surface area contributed by atoms with Crippen LogP contribution in [-0.4, -0.2) is 33.1 Å².